The van der Waals surface area contributed by atoms with Crippen molar-refractivity contribution >= 4 is 23.7 Å². The van der Waals surface area contributed by atoms with Gasteiger partial charge >= 0.3 is 5.97 Å². The molecule has 1 aromatic heterocycles. The molecular formula is C29H32F2N4O7. The molecule has 0 unspecified atom stereocenters. The Labute approximate surface area is 240 Å². The summed E-state index contributed by atoms with van der Waals surface area (Å²) in [5.41, 5.74) is -2.50. The Morgan fingerprint density at radius 3 is 2.74 bits per heavy atom. The van der Waals surface area contributed by atoms with E-state index in [-0.39, 0.29) is 43.2 Å². The molecule has 2 amide bonds. The van der Waals surface area contributed by atoms with Gasteiger partial charge in [0.15, 0.2) is 11.3 Å². The fourth-order valence-electron chi connectivity index (χ4n) is 5.69. The number of rotatable bonds is 7. The third-order valence-electron chi connectivity index (χ3n) is 8.15. The zero-order valence-electron chi connectivity index (χ0n) is 23.6. The van der Waals surface area contributed by atoms with E-state index < -0.39 is 57.8 Å². The summed E-state index contributed by atoms with van der Waals surface area (Å²) in [5, 5.41) is 6.56. The van der Waals surface area contributed by atoms with Gasteiger partial charge in [-0.15, -0.1) is 0 Å². The fourth-order valence-corrected chi connectivity index (χ4v) is 5.69. The van der Waals surface area contributed by atoms with E-state index in [1.807, 2.05) is 13.8 Å². The van der Waals surface area contributed by atoms with E-state index in [1.54, 1.807) is 4.90 Å². The minimum atomic E-state index is -0.965. The monoisotopic (exact) mass is 586 g/mol. The fraction of sp³-hybridized carbons (Fsp3) is 0.483. The summed E-state index contributed by atoms with van der Waals surface area (Å²) in [4.78, 5) is 61.3. The van der Waals surface area contributed by atoms with Crippen LogP contribution in [-0.2, 0) is 20.9 Å². The van der Waals surface area contributed by atoms with Gasteiger partial charge in [-0.05, 0) is 32.3 Å². The molecule has 0 saturated carbocycles. The van der Waals surface area contributed by atoms with Crippen molar-refractivity contribution in [2.24, 2.45) is 5.16 Å². The van der Waals surface area contributed by atoms with E-state index in [0.717, 1.165) is 6.07 Å². The summed E-state index contributed by atoms with van der Waals surface area (Å²) in [5.74, 6) is -3.95. The molecular weight excluding hydrogens is 554 g/mol. The Balaban J connectivity index is 1.61. The summed E-state index contributed by atoms with van der Waals surface area (Å²) in [6.45, 7) is 3.62. The highest BCUT2D eigenvalue weighted by molar-refractivity contribution is 6.00. The zero-order chi connectivity index (χ0) is 30.2. The predicted octanol–water partition coefficient (Wildman–Crippen LogP) is 3.45. The summed E-state index contributed by atoms with van der Waals surface area (Å²) in [6.07, 6.45) is 3.79. The van der Waals surface area contributed by atoms with Crippen LogP contribution in [0.5, 0.6) is 5.75 Å². The molecule has 1 fully saturated rings. The number of carbonyl (C=O) groups is 3. The molecule has 4 heterocycles. The van der Waals surface area contributed by atoms with Crippen molar-refractivity contribution in [3.63, 3.8) is 0 Å². The molecule has 2 aromatic rings. The summed E-state index contributed by atoms with van der Waals surface area (Å²) in [7, 11) is 1.47. The number of methoxy groups -OCH3 is 1. The molecule has 3 aliphatic rings. The van der Waals surface area contributed by atoms with Crippen LogP contribution in [0.4, 0.5) is 8.78 Å². The van der Waals surface area contributed by atoms with Crippen LogP contribution in [0.2, 0.25) is 0 Å². The number of pyridine rings is 1. The first-order valence-electron chi connectivity index (χ1n) is 13.9. The van der Waals surface area contributed by atoms with Gasteiger partial charge in [-0.25, -0.2) is 8.78 Å². The third-order valence-corrected chi connectivity index (χ3v) is 8.15. The average molecular weight is 587 g/mol. The number of oxime groups is 1. The number of amides is 2. The van der Waals surface area contributed by atoms with Gasteiger partial charge in [-0.2, -0.15) is 0 Å². The van der Waals surface area contributed by atoms with Gasteiger partial charge in [-0.3, -0.25) is 19.2 Å². The molecule has 224 valence electrons. The first kappa shape index (κ1) is 29.2. The number of carbonyl (C=O) groups excluding carboxylic acids is 3. The predicted molar refractivity (Wildman–Crippen MR) is 145 cm³/mol. The maximum absolute atomic E-state index is 14.2. The molecule has 2 bridgehead atoms. The lowest BCUT2D eigenvalue weighted by Gasteiger charge is -2.41. The molecule has 1 aromatic carbocycles. The topological polar surface area (TPSA) is 129 Å². The minimum absolute atomic E-state index is 0.000145. The Morgan fingerprint density at radius 2 is 2.05 bits per heavy atom. The number of hydrogen-bond donors (Lipinski definition) is 1. The summed E-state index contributed by atoms with van der Waals surface area (Å²) in [6, 6.07) is 2.07. The van der Waals surface area contributed by atoms with E-state index in [0.29, 0.717) is 37.6 Å². The molecule has 1 N–H and O–H groups in total. The first-order chi connectivity index (χ1) is 20.1. The van der Waals surface area contributed by atoms with Crippen molar-refractivity contribution in [1.29, 1.82) is 0 Å². The normalized spacial score (nSPS) is 22.6. The van der Waals surface area contributed by atoms with Gasteiger partial charge in [0.2, 0.25) is 17.1 Å². The average Bonchev–Trinajstić information content (AvgIpc) is 3.34. The van der Waals surface area contributed by atoms with Gasteiger partial charge in [0, 0.05) is 43.4 Å². The maximum atomic E-state index is 14.2. The second-order valence-corrected chi connectivity index (χ2v) is 10.8. The van der Waals surface area contributed by atoms with Gasteiger partial charge in [0.25, 0.3) is 11.8 Å². The first-order valence-corrected chi connectivity index (χ1v) is 13.9. The van der Waals surface area contributed by atoms with Gasteiger partial charge in [-0.1, -0.05) is 24.6 Å². The highest BCUT2D eigenvalue weighted by Crippen LogP contribution is 2.46. The molecule has 0 aliphatic carbocycles. The molecule has 3 atom stereocenters. The molecule has 5 rings (SSSR count). The summed E-state index contributed by atoms with van der Waals surface area (Å²) < 4.78 is 39.9. The Bertz CT molecular complexity index is 1520. The third kappa shape index (κ3) is 5.23. The number of benzene rings is 1. The minimum Gasteiger partial charge on any atom is -0.482 e. The lowest BCUT2D eigenvalue weighted by atomic mass is 9.85. The maximum Gasteiger partial charge on any atom is 0.311 e. The standard InChI is InChI=1S/C29H32F2N4O7/c1-4-5-6-23(36)41-26-24-28(39)34-15-21(29(10-9-16(34)2)12-22(40-3)33-42-29)35(24)14-19(25(26)37)27(38)32-13-17-7-8-18(30)11-20(17)31/h7-8,11,14,16,21H,4-6,9-10,12-13,15H2,1-3H3,(H,32,38)/t16-,21+,29-/m0/s1. The van der Waals surface area contributed by atoms with Crippen LogP contribution >= 0.6 is 0 Å². The van der Waals surface area contributed by atoms with E-state index in [1.165, 1.54) is 23.9 Å². The quantitative estimate of drug-likeness (QED) is 0.492. The van der Waals surface area contributed by atoms with Gasteiger partial charge in [0.1, 0.15) is 17.2 Å². The lowest BCUT2D eigenvalue weighted by molar-refractivity contribution is -0.134. The van der Waals surface area contributed by atoms with Crippen molar-refractivity contribution in [2.75, 3.05) is 13.7 Å². The van der Waals surface area contributed by atoms with Crippen molar-refractivity contribution in [3.8, 4) is 5.75 Å². The second-order valence-electron chi connectivity index (χ2n) is 10.8. The highest BCUT2D eigenvalue weighted by atomic mass is 19.1. The number of halogens is 2. The number of hydrogen-bond acceptors (Lipinski definition) is 8. The van der Waals surface area contributed by atoms with Gasteiger partial charge < -0.3 is 29.1 Å². The smallest absolute Gasteiger partial charge is 0.311 e. The van der Waals surface area contributed by atoms with Crippen molar-refractivity contribution in [1.82, 2.24) is 14.8 Å². The number of nitrogens with one attached hydrogen (secondary N) is 1. The Kier molecular flexibility index (Phi) is 8.02. The van der Waals surface area contributed by atoms with Crippen LogP contribution in [0.3, 0.4) is 0 Å². The van der Waals surface area contributed by atoms with E-state index in [2.05, 4.69) is 10.5 Å². The lowest BCUT2D eigenvalue weighted by Crippen LogP contribution is -2.52. The molecule has 3 aliphatic heterocycles. The van der Waals surface area contributed by atoms with Crippen LogP contribution in [0.25, 0.3) is 0 Å². The molecule has 13 heteroatoms. The molecule has 42 heavy (non-hydrogen) atoms. The SMILES string of the molecule is CCCCC(=O)Oc1c2n(cc(C(=O)NCc3ccc(F)cc3F)c1=O)[C@@H]1CN(C2=O)[C@@H](C)CC[C@]12CC(OC)=NO2. The van der Waals surface area contributed by atoms with E-state index in [9.17, 15) is 28.0 Å². The Morgan fingerprint density at radius 1 is 1.26 bits per heavy atom. The van der Waals surface area contributed by atoms with Crippen molar-refractivity contribution in [2.45, 2.75) is 76.6 Å². The zero-order valence-corrected chi connectivity index (χ0v) is 23.6. The van der Waals surface area contributed by atoms with Crippen LogP contribution < -0.4 is 15.5 Å². The molecule has 0 radical (unpaired) electrons. The van der Waals surface area contributed by atoms with Crippen LogP contribution in [0.1, 0.15) is 84.8 Å². The number of aromatic nitrogens is 1. The molecule has 11 nitrogen and oxygen atoms in total. The summed E-state index contributed by atoms with van der Waals surface area (Å²) >= 11 is 0. The van der Waals surface area contributed by atoms with Crippen LogP contribution in [0.15, 0.2) is 34.3 Å². The number of nitrogens with zero attached hydrogens (tertiary/aromatic N) is 3. The number of fused-ring (bicyclic) bond motifs is 5. The number of ether oxygens (including phenoxy) is 2. The highest BCUT2D eigenvalue weighted by Gasteiger charge is 2.55. The second kappa shape index (κ2) is 11.5. The Hall–Kier alpha value is -4.29. The number of unbranched alkanes of at least 4 members (excludes halogenated alkanes) is 1. The molecule has 1 saturated heterocycles. The number of esters is 1. The van der Waals surface area contributed by atoms with E-state index >= 15 is 0 Å². The van der Waals surface area contributed by atoms with Crippen molar-refractivity contribution < 1.29 is 37.5 Å². The van der Waals surface area contributed by atoms with E-state index in [4.69, 9.17) is 14.3 Å². The van der Waals surface area contributed by atoms with Gasteiger partial charge in [0.05, 0.1) is 19.6 Å². The largest absolute Gasteiger partial charge is 0.482 e. The molecule has 1 spiro atoms. The van der Waals surface area contributed by atoms with Crippen LogP contribution in [0, 0.1) is 11.6 Å². The van der Waals surface area contributed by atoms with Crippen molar-refractivity contribution in [3.05, 3.63) is 63.1 Å². The van der Waals surface area contributed by atoms with Crippen LogP contribution in [-0.4, -0.2) is 58.4 Å².